The highest BCUT2D eigenvalue weighted by Gasteiger charge is 2.32. The van der Waals surface area contributed by atoms with Crippen LogP contribution in [0.1, 0.15) is 84.0 Å². The second kappa shape index (κ2) is 20.2. The molecular formula is C23H48NO6+. The smallest absolute Gasteiger partial charge is 0.359 e. The standard InChI is InChI=1S/C23H47NO6/c1-2-3-4-5-6-7-8-9-10-11-12-13-18-30-21-22(27)19-24(14-16-25,15-17-26)20-23(28)29/h22,25-27H,2-21H2,1H3/p+1. The summed E-state index contributed by atoms with van der Waals surface area (Å²) in [6, 6.07) is 0. The lowest BCUT2D eigenvalue weighted by Gasteiger charge is -2.37. The average molecular weight is 435 g/mol. The Morgan fingerprint density at radius 1 is 0.833 bits per heavy atom. The van der Waals surface area contributed by atoms with Gasteiger partial charge in [-0.1, -0.05) is 77.6 Å². The van der Waals surface area contributed by atoms with E-state index >= 15 is 0 Å². The quantitative estimate of drug-likeness (QED) is 0.145. The Kier molecular flexibility index (Phi) is 19.7. The number of unbranched alkanes of at least 4 members (excludes halogenated alkanes) is 11. The lowest BCUT2D eigenvalue weighted by atomic mass is 10.1. The fourth-order valence-corrected chi connectivity index (χ4v) is 3.99. The summed E-state index contributed by atoms with van der Waals surface area (Å²) in [5.74, 6) is -1.01. The molecule has 0 radical (unpaired) electrons. The number of carbonyl (C=O) groups is 1. The molecule has 30 heavy (non-hydrogen) atoms. The monoisotopic (exact) mass is 434 g/mol. The van der Waals surface area contributed by atoms with Gasteiger partial charge >= 0.3 is 5.97 Å². The number of carboxylic acid groups (broad SMARTS) is 1. The Morgan fingerprint density at radius 3 is 1.73 bits per heavy atom. The molecule has 1 atom stereocenters. The van der Waals surface area contributed by atoms with Crippen molar-refractivity contribution < 1.29 is 34.4 Å². The van der Waals surface area contributed by atoms with Crippen molar-refractivity contribution in [1.29, 1.82) is 0 Å². The first-order valence-electron chi connectivity index (χ1n) is 12.0. The lowest BCUT2D eigenvalue weighted by Crippen LogP contribution is -2.58. The molecule has 0 fully saturated rings. The highest BCUT2D eigenvalue weighted by atomic mass is 16.5. The summed E-state index contributed by atoms with van der Waals surface area (Å²) in [6.45, 7) is 2.87. The summed E-state index contributed by atoms with van der Waals surface area (Å²) < 4.78 is 5.51. The van der Waals surface area contributed by atoms with E-state index in [9.17, 15) is 20.1 Å². The van der Waals surface area contributed by atoms with Crippen molar-refractivity contribution in [3.8, 4) is 0 Å². The molecule has 0 rings (SSSR count). The molecule has 0 spiro atoms. The molecule has 7 nitrogen and oxygen atoms in total. The van der Waals surface area contributed by atoms with Crippen molar-refractivity contribution in [2.45, 2.75) is 90.1 Å². The fraction of sp³-hybridized carbons (Fsp3) is 0.957. The van der Waals surface area contributed by atoms with Crippen molar-refractivity contribution in [3.05, 3.63) is 0 Å². The van der Waals surface area contributed by atoms with E-state index in [2.05, 4.69) is 6.92 Å². The fourth-order valence-electron chi connectivity index (χ4n) is 3.99. The summed E-state index contributed by atoms with van der Waals surface area (Å²) >= 11 is 0. The Morgan fingerprint density at radius 2 is 1.30 bits per heavy atom. The van der Waals surface area contributed by atoms with Crippen LogP contribution in [0, 0.1) is 0 Å². The maximum absolute atomic E-state index is 11.2. The summed E-state index contributed by atoms with van der Waals surface area (Å²) in [6.07, 6.45) is 14.6. The maximum Gasteiger partial charge on any atom is 0.359 e. The number of nitrogens with zero attached hydrogens (tertiary/aromatic N) is 1. The predicted molar refractivity (Wildman–Crippen MR) is 119 cm³/mol. The van der Waals surface area contributed by atoms with Crippen LogP contribution in [-0.4, -0.2) is 89.6 Å². The van der Waals surface area contributed by atoms with E-state index in [4.69, 9.17) is 9.84 Å². The third-order valence-electron chi connectivity index (χ3n) is 5.67. The highest BCUT2D eigenvalue weighted by molar-refractivity contribution is 5.67. The van der Waals surface area contributed by atoms with E-state index in [1.165, 1.54) is 64.2 Å². The van der Waals surface area contributed by atoms with E-state index in [0.717, 1.165) is 12.8 Å². The van der Waals surface area contributed by atoms with Crippen LogP contribution in [0.15, 0.2) is 0 Å². The number of carboxylic acids is 1. The van der Waals surface area contributed by atoms with Crippen molar-refractivity contribution in [2.75, 3.05) is 52.6 Å². The minimum Gasteiger partial charge on any atom is -0.477 e. The van der Waals surface area contributed by atoms with Gasteiger partial charge in [-0.25, -0.2) is 4.79 Å². The van der Waals surface area contributed by atoms with Gasteiger partial charge in [-0.3, -0.25) is 0 Å². The van der Waals surface area contributed by atoms with Gasteiger partial charge in [-0.15, -0.1) is 0 Å². The van der Waals surface area contributed by atoms with Gasteiger partial charge in [0.25, 0.3) is 0 Å². The number of ether oxygens (including phenoxy) is 1. The number of rotatable bonds is 23. The Bertz CT molecular complexity index is 388. The first-order valence-corrected chi connectivity index (χ1v) is 12.0. The van der Waals surface area contributed by atoms with Crippen molar-refractivity contribution in [2.24, 2.45) is 0 Å². The summed E-state index contributed by atoms with van der Waals surface area (Å²) in [5, 5.41) is 37.9. The van der Waals surface area contributed by atoms with Gasteiger partial charge in [0.15, 0.2) is 6.54 Å². The van der Waals surface area contributed by atoms with Gasteiger partial charge < -0.3 is 29.6 Å². The predicted octanol–water partition coefficient (Wildman–Crippen LogP) is 2.95. The van der Waals surface area contributed by atoms with Gasteiger partial charge in [0.05, 0.1) is 19.8 Å². The second-order valence-electron chi connectivity index (χ2n) is 8.59. The van der Waals surface area contributed by atoms with E-state index < -0.39 is 12.1 Å². The van der Waals surface area contributed by atoms with E-state index in [0.29, 0.717) is 6.61 Å². The highest BCUT2D eigenvalue weighted by Crippen LogP contribution is 2.12. The van der Waals surface area contributed by atoms with Gasteiger partial charge in [-0.05, 0) is 6.42 Å². The minimum atomic E-state index is -1.01. The zero-order chi connectivity index (χ0) is 22.5. The zero-order valence-electron chi connectivity index (χ0n) is 19.3. The van der Waals surface area contributed by atoms with Crippen molar-refractivity contribution in [3.63, 3.8) is 0 Å². The molecule has 1 unspecified atom stereocenters. The molecule has 0 bridgehead atoms. The number of quaternary nitrogens is 1. The van der Waals surface area contributed by atoms with Crippen LogP contribution < -0.4 is 0 Å². The van der Waals surface area contributed by atoms with Crippen LogP contribution >= 0.6 is 0 Å². The molecule has 0 aliphatic heterocycles. The van der Waals surface area contributed by atoms with Crippen LogP contribution in [0.2, 0.25) is 0 Å². The SMILES string of the molecule is CCCCCCCCCCCCCCOCC(O)C[N+](CCO)(CCO)CC(=O)O. The van der Waals surface area contributed by atoms with E-state index in [-0.39, 0.29) is 50.5 Å². The van der Waals surface area contributed by atoms with Crippen LogP contribution in [0.5, 0.6) is 0 Å². The molecule has 4 N–H and O–H groups in total. The third-order valence-corrected chi connectivity index (χ3v) is 5.67. The number of aliphatic carboxylic acids is 1. The van der Waals surface area contributed by atoms with Gasteiger partial charge in [0.1, 0.15) is 25.7 Å². The zero-order valence-corrected chi connectivity index (χ0v) is 19.3. The minimum absolute atomic E-state index is 0.0501. The normalized spacial score (nSPS) is 12.9. The Hall–Kier alpha value is -0.730. The Labute approximate surface area is 183 Å². The lowest BCUT2D eigenvalue weighted by molar-refractivity contribution is -0.924. The third kappa shape index (κ3) is 17.0. The molecule has 0 saturated carbocycles. The first-order chi connectivity index (χ1) is 14.5. The van der Waals surface area contributed by atoms with Crippen molar-refractivity contribution >= 4 is 5.97 Å². The molecule has 0 aromatic carbocycles. The molecule has 180 valence electrons. The molecule has 0 saturated heterocycles. The number of aliphatic hydroxyl groups excluding tert-OH is 3. The number of hydrogen-bond acceptors (Lipinski definition) is 5. The first kappa shape index (κ1) is 29.3. The molecule has 0 aromatic heterocycles. The van der Waals surface area contributed by atoms with Crippen molar-refractivity contribution in [1.82, 2.24) is 0 Å². The summed E-state index contributed by atoms with van der Waals surface area (Å²) in [5.41, 5.74) is 0. The van der Waals surface area contributed by atoms with Crippen LogP contribution in [0.25, 0.3) is 0 Å². The topological polar surface area (TPSA) is 107 Å². The molecule has 7 heteroatoms. The van der Waals surface area contributed by atoms with Crippen LogP contribution in [0.3, 0.4) is 0 Å². The maximum atomic E-state index is 11.2. The van der Waals surface area contributed by atoms with Crippen LogP contribution in [0.4, 0.5) is 0 Å². The van der Waals surface area contributed by atoms with E-state index in [1.54, 1.807) is 0 Å². The molecule has 0 aliphatic rings. The summed E-state index contributed by atoms with van der Waals surface area (Å²) in [4.78, 5) is 11.2. The number of hydrogen-bond donors (Lipinski definition) is 4. The second-order valence-corrected chi connectivity index (χ2v) is 8.59. The van der Waals surface area contributed by atoms with E-state index in [1.807, 2.05) is 0 Å². The molecule has 0 aliphatic carbocycles. The molecular weight excluding hydrogens is 386 g/mol. The van der Waals surface area contributed by atoms with Crippen LogP contribution in [-0.2, 0) is 9.53 Å². The summed E-state index contributed by atoms with van der Waals surface area (Å²) in [7, 11) is 0. The van der Waals surface area contributed by atoms with Gasteiger partial charge in [0, 0.05) is 6.61 Å². The number of aliphatic hydroxyl groups is 3. The molecule has 0 aromatic rings. The average Bonchev–Trinajstić information content (AvgIpc) is 2.68. The van der Waals surface area contributed by atoms with Gasteiger partial charge in [-0.2, -0.15) is 0 Å². The molecule has 0 heterocycles. The molecule has 0 amide bonds. The largest absolute Gasteiger partial charge is 0.477 e. The Balaban J connectivity index is 3.75. The van der Waals surface area contributed by atoms with Gasteiger partial charge in [0.2, 0.25) is 0 Å².